The summed E-state index contributed by atoms with van der Waals surface area (Å²) in [4.78, 5) is 29.2. The predicted molar refractivity (Wildman–Crippen MR) is 93.4 cm³/mol. The molecular weight excluding hydrogens is 365 g/mol. The maximum Gasteiger partial charge on any atom is 0.307 e. The Morgan fingerprint density at radius 2 is 2.12 bits per heavy atom. The van der Waals surface area contributed by atoms with E-state index in [2.05, 4.69) is 10.1 Å². The van der Waals surface area contributed by atoms with Gasteiger partial charge >= 0.3 is 5.97 Å². The molecule has 0 aliphatic rings. The van der Waals surface area contributed by atoms with E-state index in [9.17, 15) is 14.0 Å². The van der Waals surface area contributed by atoms with Gasteiger partial charge in [-0.1, -0.05) is 11.3 Å². The van der Waals surface area contributed by atoms with E-state index in [0.717, 1.165) is 4.90 Å². The van der Waals surface area contributed by atoms with Gasteiger partial charge in [-0.05, 0) is 31.2 Å². The summed E-state index contributed by atoms with van der Waals surface area (Å²) in [6.45, 7) is 1.74. The lowest BCUT2D eigenvalue weighted by molar-refractivity contribution is -0.144. The van der Waals surface area contributed by atoms with Crippen LogP contribution in [0.1, 0.15) is 17.1 Å². The van der Waals surface area contributed by atoms with Crippen molar-refractivity contribution >= 4 is 34.0 Å². The summed E-state index contributed by atoms with van der Waals surface area (Å²) >= 11 is 2.66. The lowest BCUT2D eigenvalue weighted by Gasteiger charge is -2.03. The van der Waals surface area contributed by atoms with E-state index < -0.39 is 0 Å². The molecule has 0 aliphatic heterocycles. The van der Waals surface area contributed by atoms with E-state index in [1.165, 1.54) is 45.8 Å². The average molecular weight is 379 g/mol. The molecule has 0 saturated heterocycles. The van der Waals surface area contributed by atoms with Gasteiger partial charge < -0.3 is 4.74 Å². The number of benzene rings is 1. The van der Waals surface area contributed by atoms with Crippen LogP contribution in [0.4, 0.5) is 4.39 Å². The fourth-order valence-corrected chi connectivity index (χ4v) is 3.71. The minimum absolute atomic E-state index is 0.00651. The molecule has 1 aromatic carbocycles. The quantitative estimate of drug-likeness (QED) is 0.484. The molecule has 0 unspecified atom stereocenters. The molecule has 0 fully saturated rings. The van der Waals surface area contributed by atoms with Crippen molar-refractivity contribution in [3.05, 3.63) is 57.2 Å². The molecule has 0 atom stereocenters. The minimum Gasteiger partial charge on any atom is -0.458 e. The zero-order valence-electron chi connectivity index (χ0n) is 13.3. The Kier molecular flexibility index (Phi) is 5.44. The van der Waals surface area contributed by atoms with Gasteiger partial charge in [0.05, 0.1) is 6.42 Å². The molecule has 0 bridgehead atoms. The molecule has 0 aliphatic carbocycles. The third-order valence-electron chi connectivity index (χ3n) is 3.16. The van der Waals surface area contributed by atoms with Crippen LogP contribution >= 0.6 is 23.1 Å². The number of aryl methyl sites for hydroxylation is 1. The third kappa shape index (κ3) is 4.64. The number of ether oxygens (including phenoxy) is 1. The molecule has 2 heterocycles. The maximum absolute atomic E-state index is 12.8. The lowest BCUT2D eigenvalue weighted by Crippen LogP contribution is -2.14. The van der Waals surface area contributed by atoms with Gasteiger partial charge in [-0.2, -0.15) is 9.61 Å². The van der Waals surface area contributed by atoms with Crippen molar-refractivity contribution in [1.29, 1.82) is 0 Å². The van der Waals surface area contributed by atoms with E-state index >= 15 is 0 Å². The van der Waals surface area contributed by atoms with Gasteiger partial charge in [0.15, 0.2) is 5.01 Å². The number of carbonyl (C=O) groups excluding carboxylic acids is 1. The zero-order valence-corrected chi connectivity index (χ0v) is 14.9. The third-order valence-corrected chi connectivity index (χ3v) is 5.06. The number of aromatic nitrogens is 3. The van der Waals surface area contributed by atoms with E-state index in [1.807, 2.05) is 0 Å². The van der Waals surface area contributed by atoms with Crippen LogP contribution < -0.4 is 5.56 Å². The van der Waals surface area contributed by atoms with Crippen LogP contribution in [0, 0.1) is 12.7 Å². The van der Waals surface area contributed by atoms with Crippen LogP contribution in [0.5, 0.6) is 0 Å². The molecule has 6 nitrogen and oxygen atoms in total. The summed E-state index contributed by atoms with van der Waals surface area (Å²) in [5.74, 6) is -0.112. The van der Waals surface area contributed by atoms with E-state index in [0.29, 0.717) is 21.4 Å². The lowest BCUT2D eigenvalue weighted by atomic mass is 10.4. The summed E-state index contributed by atoms with van der Waals surface area (Å²) in [6.07, 6.45) is 0.226. The molecular formula is C16H14FN3O3S2. The Bertz CT molecular complexity index is 953. The number of rotatable bonds is 6. The number of hydrogen-bond acceptors (Lipinski definition) is 7. The van der Waals surface area contributed by atoms with Gasteiger partial charge in [-0.25, -0.2) is 9.37 Å². The maximum atomic E-state index is 12.8. The van der Waals surface area contributed by atoms with Gasteiger partial charge in [-0.15, -0.1) is 11.8 Å². The van der Waals surface area contributed by atoms with Crippen LogP contribution in [-0.2, 0) is 16.1 Å². The van der Waals surface area contributed by atoms with Crippen molar-refractivity contribution in [3.63, 3.8) is 0 Å². The number of hydrogen-bond donors (Lipinski definition) is 0. The average Bonchev–Trinajstić information content (AvgIpc) is 2.98. The second-order valence-corrected chi connectivity index (χ2v) is 7.35. The molecule has 9 heteroatoms. The molecule has 0 spiro atoms. The first-order valence-corrected chi connectivity index (χ1v) is 9.22. The fraction of sp³-hybridized carbons (Fsp3) is 0.250. The fourth-order valence-electron chi connectivity index (χ4n) is 2.02. The second kappa shape index (κ2) is 7.75. The monoisotopic (exact) mass is 379 g/mol. The number of nitrogens with zero attached hydrogens (tertiary/aromatic N) is 3. The first-order chi connectivity index (χ1) is 12.0. The summed E-state index contributed by atoms with van der Waals surface area (Å²) in [5, 5.41) is 4.61. The number of halogens is 1. The first-order valence-electron chi connectivity index (χ1n) is 7.41. The van der Waals surface area contributed by atoms with E-state index in [1.54, 1.807) is 19.1 Å². The van der Waals surface area contributed by atoms with Crippen LogP contribution in [0.2, 0.25) is 0 Å². The topological polar surface area (TPSA) is 73.6 Å². The number of esters is 1. The van der Waals surface area contributed by atoms with Gasteiger partial charge in [-0.3, -0.25) is 9.59 Å². The van der Waals surface area contributed by atoms with Crippen molar-refractivity contribution in [3.8, 4) is 0 Å². The minimum atomic E-state index is -0.356. The standard InChI is InChI=1S/C16H14FN3O3S2/c1-10-8-14(21)20-16(18-10)25-13(19-20)9-23-15(22)6-7-24-12-4-2-11(17)3-5-12/h2-5,8H,6-7,9H2,1H3. The van der Waals surface area contributed by atoms with Crippen LogP contribution in [-0.4, -0.2) is 26.3 Å². The Balaban J connectivity index is 1.49. The normalized spacial score (nSPS) is 11.0. The van der Waals surface area contributed by atoms with Crippen molar-refractivity contribution in [2.45, 2.75) is 24.8 Å². The highest BCUT2D eigenvalue weighted by molar-refractivity contribution is 7.99. The van der Waals surface area contributed by atoms with Crippen LogP contribution in [0.3, 0.4) is 0 Å². The first kappa shape index (κ1) is 17.6. The molecule has 0 N–H and O–H groups in total. The predicted octanol–water partition coefficient (Wildman–Crippen LogP) is 2.82. The van der Waals surface area contributed by atoms with Gasteiger partial charge in [0.25, 0.3) is 5.56 Å². The molecule has 2 aromatic heterocycles. The second-order valence-electron chi connectivity index (χ2n) is 5.14. The van der Waals surface area contributed by atoms with E-state index in [-0.39, 0.29) is 30.4 Å². The van der Waals surface area contributed by atoms with Crippen LogP contribution in [0.25, 0.3) is 4.96 Å². The van der Waals surface area contributed by atoms with Crippen molar-refractivity contribution in [2.24, 2.45) is 0 Å². The Labute approximate surface area is 150 Å². The summed E-state index contributed by atoms with van der Waals surface area (Å²) in [6, 6.07) is 7.49. The van der Waals surface area contributed by atoms with Crippen LogP contribution in [0.15, 0.2) is 40.0 Å². The van der Waals surface area contributed by atoms with Crippen molar-refractivity contribution in [1.82, 2.24) is 14.6 Å². The molecule has 0 amide bonds. The summed E-state index contributed by atoms with van der Waals surface area (Å²) in [5.41, 5.74) is 0.363. The van der Waals surface area contributed by atoms with Gasteiger partial charge in [0.2, 0.25) is 4.96 Å². The molecule has 130 valence electrons. The highest BCUT2D eigenvalue weighted by Crippen LogP contribution is 2.19. The Hall–Kier alpha value is -2.26. The molecule has 0 radical (unpaired) electrons. The zero-order chi connectivity index (χ0) is 17.8. The highest BCUT2D eigenvalue weighted by Gasteiger charge is 2.10. The number of fused-ring (bicyclic) bond motifs is 1. The molecule has 3 rings (SSSR count). The molecule has 3 aromatic rings. The number of thioether (sulfide) groups is 1. The Morgan fingerprint density at radius 1 is 1.36 bits per heavy atom. The molecule has 0 saturated carbocycles. The SMILES string of the molecule is Cc1cc(=O)n2nc(COC(=O)CCSc3ccc(F)cc3)sc2n1. The van der Waals surface area contributed by atoms with Gasteiger partial charge in [0, 0.05) is 22.4 Å². The Morgan fingerprint density at radius 3 is 2.88 bits per heavy atom. The van der Waals surface area contributed by atoms with E-state index in [4.69, 9.17) is 4.74 Å². The van der Waals surface area contributed by atoms with Gasteiger partial charge in [0.1, 0.15) is 12.4 Å². The highest BCUT2D eigenvalue weighted by atomic mass is 32.2. The van der Waals surface area contributed by atoms with Crippen molar-refractivity contribution in [2.75, 3.05) is 5.75 Å². The smallest absolute Gasteiger partial charge is 0.307 e. The number of carbonyl (C=O) groups is 1. The summed E-state index contributed by atoms with van der Waals surface area (Å²) < 4.78 is 19.2. The summed E-state index contributed by atoms with van der Waals surface area (Å²) in [7, 11) is 0. The molecule has 25 heavy (non-hydrogen) atoms. The van der Waals surface area contributed by atoms with Crippen molar-refractivity contribution < 1.29 is 13.9 Å². The largest absolute Gasteiger partial charge is 0.458 e.